The number of aliphatic hydroxyl groups excluding tert-OH is 1. The molecule has 0 radical (unpaired) electrons. The molecule has 2 N–H and O–H groups in total. The van der Waals surface area contributed by atoms with Crippen molar-refractivity contribution in [3.63, 3.8) is 0 Å². The molecule has 5 nitrogen and oxygen atoms in total. The van der Waals surface area contributed by atoms with Crippen LogP contribution in [0.5, 0.6) is 0 Å². The smallest absolute Gasteiger partial charge is 0.188 e. The van der Waals surface area contributed by atoms with Gasteiger partial charge in [0.05, 0.1) is 18.0 Å². The van der Waals surface area contributed by atoms with Gasteiger partial charge in [0.2, 0.25) is 0 Å². The lowest BCUT2D eigenvalue weighted by Crippen LogP contribution is -2.42. The molecule has 29 heavy (non-hydrogen) atoms. The van der Waals surface area contributed by atoms with E-state index in [4.69, 9.17) is 9.72 Å². The molecule has 0 aliphatic heterocycles. The van der Waals surface area contributed by atoms with E-state index in [0.717, 1.165) is 30.0 Å². The van der Waals surface area contributed by atoms with Crippen molar-refractivity contribution in [1.29, 1.82) is 0 Å². The Kier molecular flexibility index (Phi) is 7.49. The molecule has 162 valence electrons. The zero-order valence-electron chi connectivity index (χ0n) is 19.1. The molecular weight excluding hydrogens is 380 g/mol. The molecule has 1 aromatic heterocycles. The molecule has 0 aliphatic carbocycles. The Bertz CT molecular complexity index is 792. The Morgan fingerprint density at radius 1 is 1.10 bits per heavy atom. The Balaban J connectivity index is 2.50. The minimum atomic E-state index is -2.32. The summed E-state index contributed by atoms with van der Waals surface area (Å²) < 4.78 is 7.89. The maximum Gasteiger partial charge on any atom is 0.188 e. The molecule has 0 amide bonds. The van der Waals surface area contributed by atoms with E-state index >= 15 is 0 Å². The highest BCUT2D eigenvalue weighted by Gasteiger charge is 2.42. The van der Waals surface area contributed by atoms with Crippen molar-refractivity contribution < 1.29 is 14.6 Å². The summed E-state index contributed by atoms with van der Waals surface area (Å²) in [5, 5.41) is 9.87. The summed E-state index contributed by atoms with van der Waals surface area (Å²) in [4.78, 5) is 15.5. The average molecular weight is 419 g/mol. The largest absolute Gasteiger partial charge is 0.432 e. The molecule has 0 spiro atoms. The third-order valence-corrected chi connectivity index (χ3v) is 9.40. The fourth-order valence-electron chi connectivity index (χ4n) is 3.95. The standard InChI is InChI=1S/C23H38N2O3Si/c1-8-28-15-20-24-19(14-26)21(18-12-10-9-11-13-18)25(20)17-22(2,3)16-23(4,5)29(6,7)27/h9-13,26-27H,8,14-17H2,1-7H3. The number of imidazole rings is 1. The summed E-state index contributed by atoms with van der Waals surface area (Å²) >= 11 is 0. The Morgan fingerprint density at radius 3 is 2.24 bits per heavy atom. The number of aliphatic hydroxyl groups is 1. The van der Waals surface area contributed by atoms with Crippen LogP contribution in [0.1, 0.15) is 52.6 Å². The lowest BCUT2D eigenvalue weighted by molar-refractivity contribution is 0.122. The summed E-state index contributed by atoms with van der Waals surface area (Å²) in [5.74, 6) is 0.834. The van der Waals surface area contributed by atoms with Crippen LogP contribution in [0.2, 0.25) is 18.1 Å². The van der Waals surface area contributed by atoms with E-state index in [1.165, 1.54) is 0 Å². The van der Waals surface area contributed by atoms with Crippen molar-refractivity contribution in [2.45, 2.75) is 78.9 Å². The summed E-state index contributed by atoms with van der Waals surface area (Å²) in [5.41, 5.74) is 2.60. The van der Waals surface area contributed by atoms with Crippen molar-refractivity contribution in [2.24, 2.45) is 5.41 Å². The number of rotatable bonds is 10. The molecule has 0 bridgehead atoms. The van der Waals surface area contributed by atoms with Gasteiger partial charge in [-0.25, -0.2) is 4.98 Å². The highest BCUT2D eigenvalue weighted by atomic mass is 28.4. The summed E-state index contributed by atoms with van der Waals surface area (Å²) in [6.45, 7) is 16.5. The Hall–Kier alpha value is -1.47. The van der Waals surface area contributed by atoms with E-state index in [1.807, 2.05) is 38.2 Å². The van der Waals surface area contributed by atoms with Crippen molar-refractivity contribution >= 4 is 8.32 Å². The molecule has 2 aromatic rings. The first-order valence-corrected chi connectivity index (χ1v) is 13.4. The zero-order valence-corrected chi connectivity index (χ0v) is 20.1. The molecule has 1 heterocycles. The predicted octanol–water partition coefficient (Wildman–Crippen LogP) is 4.97. The third kappa shape index (κ3) is 5.78. The van der Waals surface area contributed by atoms with Gasteiger partial charge in [0.15, 0.2) is 8.32 Å². The minimum Gasteiger partial charge on any atom is -0.432 e. The zero-order chi connectivity index (χ0) is 21.9. The molecule has 0 aliphatic rings. The maximum atomic E-state index is 10.8. The minimum absolute atomic E-state index is 0.0750. The van der Waals surface area contributed by atoms with E-state index in [2.05, 4.69) is 44.4 Å². The Labute approximate surface area is 176 Å². The third-order valence-electron chi connectivity index (χ3n) is 5.91. The number of hydrogen-bond acceptors (Lipinski definition) is 4. The second-order valence-electron chi connectivity index (χ2n) is 9.85. The van der Waals surface area contributed by atoms with Crippen molar-refractivity contribution in [3.8, 4) is 11.3 Å². The van der Waals surface area contributed by atoms with Gasteiger partial charge in [-0.05, 0) is 36.9 Å². The van der Waals surface area contributed by atoms with E-state index < -0.39 is 8.32 Å². The molecule has 0 fully saturated rings. The van der Waals surface area contributed by atoms with Crippen LogP contribution in [0.25, 0.3) is 11.3 Å². The number of benzene rings is 1. The van der Waals surface area contributed by atoms with Crippen LogP contribution in [0, 0.1) is 5.41 Å². The maximum absolute atomic E-state index is 10.8. The molecule has 0 atom stereocenters. The van der Waals surface area contributed by atoms with Crippen LogP contribution in [0.3, 0.4) is 0 Å². The molecule has 0 saturated heterocycles. The number of ether oxygens (including phenoxy) is 1. The van der Waals surface area contributed by atoms with Crippen LogP contribution < -0.4 is 0 Å². The number of aromatic nitrogens is 2. The quantitative estimate of drug-likeness (QED) is 0.534. The lowest BCUT2D eigenvalue weighted by atomic mass is 9.83. The highest BCUT2D eigenvalue weighted by molar-refractivity contribution is 6.72. The second kappa shape index (κ2) is 9.12. The lowest BCUT2D eigenvalue weighted by Gasteiger charge is -2.41. The van der Waals surface area contributed by atoms with Crippen molar-refractivity contribution in [3.05, 3.63) is 41.9 Å². The van der Waals surface area contributed by atoms with E-state index in [1.54, 1.807) is 0 Å². The van der Waals surface area contributed by atoms with Gasteiger partial charge in [-0.1, -0.05) is 58.0 Å². The van der Waals surface area contributed by atoms with E-state index in [0.29, 0.717) is 18.9 Å². The highest BCUT2D eigenvalue weighted by Crippen LogP contribution is 2.46. The fourth-order valence-corrected chi connectivity index (χ4v) is 4.86. The molecule has 2 rings (SSSR count). The van der Waals surface area contributed by atoms with Crippen LogP contribution in [-0.4, -0.2) is 34.4 Å². The number of nitrogens with zero attached hydrogens (tertiary/aromatic N) is 2. The van der Waals surface area contributed by atoms with E-state index in [-0.39, 0.29) is 17.1 Å². The van der Waals surface area contributed by atoms with Crippen LogP contribution in [-0.2, 0) is 24.5 Å². The summed E-state index contributed by atoms with van der Waals surface area (Å²) in [6, 6.07) is 10.1. The molecule has 6 heteroatoms. The first-order valence-electron chi connectivity index (χ1n) is 10.5. The van der Waals surface area contributed by atoms with Gasteiger partial charge < -0.3 is 19.2 Å². The van der Waals surface area contributed by atoms with Gasteiger partial charge in [0.25, 0.3) is 0 Å². The first-order chi connectivity index (χ1) is 13.4. The number of hydrogen-bond donors (Lipinski definition) is 2. The van der Waals surface area contributed by atoms with Gasteiger partial charge in [0, 0.05) is 18.7 Å². The molecule has 0 saturated carbocycles. The topological polar surface area (TPSA) is 67.5 Å². The van der Waals surface area contributed by atoms with Crippen molar-refractivity contribution in [1.82, 2.24) is 9.55 Å². The predicted molar refractivity (Wildman–Crippen MR) is 121 cm³/mol. The van der Waals surface area contributed by atoms with Crippen LogP contribution in [0.4, 0.5) is 0 Å². The van der Waals surface area contributed by atoms with Crippen LogP contribution in [0.15, 0.2) is 30.3 Å². The van der Waals surface area contributed by atoms with Crippen LogP contribution >= 0.6 is 0 Å². The van der Waals surface area contributed by atoms with Gasteiger partial charge >= 0.3 is 0 Å². The van der Waals surface area contributed by atoms with Gasteiger partial charge in [-0.2, -0.15) is 0 Å². The fraction of sp³-hybridized carbons (Fsp3) is 0.609. The SMILES string of the molecule is CCOCc1nc(CO)c(-c2ccccc2)n1CC(C)(C)CC(C)(C)[Si](C)(C)O. The second-order valence-corrected chi connectivity index (χ2v) is 14.3. The van der Waals surface area contributed by atoms with Gasteiger partial charge in [-0.15, -0.1) is 0 Å². The van der Waals surface area contributed by atoms with Gasteiger partial charge in [-0.3, -0.25) is 0 Å². The average Bonchev–Trinajstić information content (AvgIpc) is 2.95. The normalized spacial score (nSPS) is 13.1. The monoisotopic (exact) mass is 418 g/mol. The van der Waals surface area contributed by atoms with E-state index in [9.17, 15) is 9.90 Å². The Morgan fingerprint density at radius 2 is 1.72 bits per heavy atom. The summed E-state index contributed by atoms with van der Waals surface area (Å²) in [7, 11) is -2.32. The molecular formula is C23H38N2O3Si. The van der Waals surface area contributed by atoms with Gasteiger partial charge in [0.1, 0.15) is 12.4 Å². The summed E-state index contributed by atoms with van der Waals surface area (Å²) in [6.07, 6.45) is 0.894. The van der Waals surface area contributed by atoms with Crippen molar-refractivity contribution in [2.75, 3.05) is 6.61 Å². The molecule has 1 aromatic carbocycles. The molecule has 0 unspecified atom stereocenters. The first kappa shape index (κ1) is 23.8.